The molecule has 2 aromatic heterocycles. The van der Waals surface area contributed by atoms with Gasteiger partial charge >= 0.3 is 5.97 Å². The highest BCUT2D eigenvalue weighted by Gasteiger charge is 2.19. The zero-order valence-electron chi connectivity index (χ0n) is 18.5. The monoisotopic (exact) mass is 467 g/mol. The highest BCUT2D eigenvalue weighted by molar-refractivity contribution is 7.22. The van der Waals surface area contributed by atoms with Gasteiger partial charge in [-0.15, -0.1) is 0 Å². The molecule has 4 N–H and O–H groups in total. The van der Waals surface area contributed by atoms with Gasteiger partial charge in [0.15, 0.2) is 5.13 Å². The van der Waals surface area contributed by atoms with Crippen LogP contribution in [-0.4, -0.2) is 46.1 Å². The van der Waals surface area contributed by atoms with E-state index in [1.54, 1.807) is 0 Å². The number of aromatic nitrogens is 2. The number of rotatable bonds is 11. The highest BCUT2D eigenvalue weighted by Crippen LogP contribution is 2.26. The number of pyridine rings is 1. The van der Waals surface area contributed by atoms with Crippen LogP contribution in [-0.2, 0) is 22.4 Å². The largest absolute Gasteiger partial charge is 0.480 e. The summed E-state index contributed by atoms with van der Waals surface area (Å²) >= 11 is 1.42. The van der Waals surface area contributed by atoms with E-state index in [0.717, 1.165) is 60.4 Å². The molecular formula is C24H29N5O3S. The van der Waals surface area contributed by atoms with Gasteiger partial charge in [-0.05, 0) is 62.3 Å². The highest BCUT2D eigenvalue weighted by atomic mass is 32.1. The van der Waals surface area contributed by atoms with E-state index in [4.69, 9.17) is 0 Å². The Balaban J connectivity index is 1.15. The summed E-state index contributed by atoms with van der Waals surface area (Å²) in [7, 11) is 0. The molecule has 1 atom stereocenters. The number of nitrogens with one attached hydrogen (secondary N) is 3. The van der Waals surface area contributed by atoms with Gasteiger partial charge in [-0.3, -0.25) is 4.79 Å². The molecule has 174 valence electrons. The van der Waals surface area contributed by atoms with E-state index >= 15 is 0 Å². The van der Waals surface area contributed by atoms with E-state index in [1.807, 2.05) is 24.3 Å². The molecule has 33 heavy (non-hydrogen) atoms. The van der Waals surface area contributed by atoms with Crippen molar-refractivity contribution in [2.45, 2.75) is 51.0 Å². The van der Waals surface area contributed by atoms with Gasteiger partial charge in [0.25, 0.3) is 0 Å². The number of nitrogens with zero attached hydrogens (tertiary/aromatic N) is 2. The molecule has 1 amide bonds. The second-order valence-corrected chi connectivity index (χ2v) is 9.24. The fraction of sp³-hybridized carbons (Fsp3) is 0.417. The molecule has 1 aliphatic heterocycles. The van der Waals surface area contributed by atoms with Crippen molar-refractivity contribution < 1.29 is 14.7 Å². The maximum atomic E-state index is 12.2. The van der Waals surface area contributed by atoms with Crippen LogP contribution in [0.1, 0.15) is 43.4 Å². The van der Waals surface area contributed by atoms with Crippen LogP contribution < -0.4 is 16.0 Å². The van der Waals surface area contributed by atoms with Crippen LogP contribution in [0.5, 0.6) is 0 Å². The number of para-hydroxylation sites is 1. The summed E-state index contributed by atoms with van der Waals surface area (Å²) in [6, 6.07) is 11.1. The molecule has 3 aromatic rings. The Kier molecular flexibility index (Phi) is 7.72. The Hall–Kier alpha value is -3.20. The third kappa shape index (κ3) is 6.41. The standard InChI is InChI=1S/C24H29N5O3S/c30-21(10-4-1-7-17-12-11-16-6-5-14-26-22(16)27-17)25-15-13-19(23(31)32)29-24-28-18-8-2-3-9-20(18)33-24/h2-3,8-9,11-12,19H,1,4-7,10,13-15H2,(H,25,30)(H,26,27)(H,28,29)(H,31,32)/t19-/m0/s1. The van der Waals surface area contributed by atoms with E-state index in [9.17, 15) is 14.7 Å². The molecular weight excluding hydrogens is 438 g/mol. The van der Waals surface area contributed by atoms with Gasteiger partial charge in [0.2, 0.25) is 5.91 Å². The topological polar surface area (TPSA) is 116 Å². The summed E-state index contributed by atoms with van der Waals surface area (Å²) in [6.07, 6.45) is 5.42. The Morgan fingerprint density at radius 3 is 2.88 bits per heavy atom. The number of thiazole rings is 1. The molecule has 1 aliphatic rings. The van der Waals surface area contributed by atoms with Crippen LogP contribution in [0, 0.1) is 0 Å². The molecule has 0 fully saturated rings. The van der Waals surface area contributed by atoms with Gasteiger partial charge in [-0.25, -0.2) is 14.8 Å². The van der Waals surface area contributed by atoms with Crippen LogP contribution in [0.3, 0.4) is 0 Å². The quantitative estimate of drug-likeness (QED) is 0.317. The number of aryl methyl sites for hydroxylation is 2. The molecule has 3 heterocycles. The number of benzene rings is 1. The Labute approximate surface area is 196 Å². The minimum absolute atomic E-state index is 0.0563. The lowest BCUT2D eigenvalue weighted by atomic mass is 10.1. The van der Waals surface area contributed by atoms with Crippen molar-refractivity contribution in [3.63, 3.8) is 0 Å². The van der Waals surface area contributed by atoms with Crippen molar-refractivity contribution >= 4 is 44.4 Å². The number of carboxylic acid groups (broad SMARTS) is 1. The number of anilines is 2. The van der Waals surface area contributed by atoms with Crippen molar-refractivity contribution in [1.82, 2.24) is 15.3 Å². The molecule has 0 aliphatic carbocycles. The second kappa shape index (κ2) is 11.1. The van der Waals surface area contributed by atoms with Gasteiger partial charge < -0.3 is 21.1 Å². The van der Waals surface area contributed by atoms with E-state index in [1.165, 1.54) is 16.9 Å². The van der Waals surface area contributed by atoms with Crippen molar-refractivity contribution in [2.75, 3.05) is 23.7 Å². The first-order chi connectivity index (χ1) is 16.1. The summed E-state index contributed by atoms with van der Waals surface area (Å²) < 4.78 is 0.999. The van der Waals surface area contributed by atoms with Crippen molar-refractivity contribution in [1.29, 1.82) is 0 Å². The van der Waals surface area contributed by atoms with Gasteiger partial charge in [0.05, 0.1) is 10.2 Å². The zero-order chi connectivity index (χ0) is 23.0. The van der Waals surface area contributed by atoms with Gasteiger partial charge in [-0.1, -0.05) is 29.5 Å². The lowest BCUT2D eigenvalue weighted by molar-refractivity contribution is -0.138. The van der Waals surface area contributed by atoms with E-state index in [2.05, 4.69) is 38.1 Å². The summed E-state index contributed by atoms with van der Waals surface area (Å²) in [5, 5.41) is 19.3. The predicted octanol–water partition coefficient (Wildman–Crippen LogP) is 3.83. The number of carbonyl (C=O) groups is 2. The number of aliphatic carboxylic acids is 1. The lowest BCUT2D eigenvalue weighted by Crippen LogP contribution is -2.34. The van der Waals surface area contributed by atoms with Crippen LogP contribution in [0.2, 0.25) is 0 Å². The fourth-order valence-electron chi connectivity index (χ4n) is 3.88. The number of hydrogen-bond acceptors (Lipinski definition) is 7. The molecule has 0 spiro atoms. The lowest BCUT2D eigenvalue weighted by Gasteiger charge is -2.17. The molecule has 0 saturated carbocycles. The first-order valence-electron chi connectivity index (χ1n) is 11.4. The van der Waals surface area contributed by atoms with Crippen LogP contribution >= 0.6 is 11.3 Å². The molecule has 8 nitrogen and oxygen atoms in total. The molecule has 0 bridgehead atoms. The SMILES string of the molecule is O=C(CCCCc1ccc2c(n1)NCCC2)NCC[C@H](Nc1nc2ccccc2s1)C(=O)O. The average Bonchev–Trinajstić information content (AvgIpc) is 3.23. The second-order valence-electron chi connectivity index (χ2n) is 8.21. The van der Waals surface area contributed by atoms with Crippen molar-refractivity contribution in [3.05, 3.63) is 47.7 Å². The molecule has 9 heteroatoms. The number of amides is 1. The third-order valence-electron chi connectivity index (χ3n) is 5.68. The Morgan fingerprint density at radius 1 is 1.15 bits per heavy atom. The summed E-state index contributed by atoms with van der Waals surface area (Å²) in [4.78, 5) is 32.9. The number of hydrogen-bond donors (Lipinski definition) is 4. The smallest absolute Gasteiger partial charge is 0.326 e. The van der Waals surface area contributed by atoms with E-state index in [-0.39, 0.29) is 12.3 Å². The minimum atomic E-state index is -0.962. The molecule has 0 unspecified atom stereocenters. The van der Waals surface area contributed by atoms with Crippen LogP contribution in [0.15, 0.2) is 36.4 Å². The first-order valence-corrected chi connectivity index (χ1v) is 12.2. The predicted molar refractivity (Wildman–Crippen MR) is 131 cm³/mol. The average molecular weight is 468 g/mol. The maximum absolute atomic E-state index is 12.2. The van der Waals surface area contributed by atoms with Gasteiger partial charge in [0.1, 0.15) is 11.9 Å². The van der Waals surface area contributed by atoms with Crippen molar-refractivity contribution in [2.24, 2.45) is 0 Å². The number of carbonyl (C=O) groups excluding carboxylic acids is 1. The third-order valence-corrected chi connectivity index (χ3v) is 6.65. The molecule has 0 radical (unpaired) electrons. The number of fused-ring (bicyclic) bond motifs is 2. The molecule has 1 aromatic carbocycles. The fourth-order valence-corrected chi connectivity index (χ4v) is 4.80. The molecule has 4 rings (SSSR count). The van der Waals surface area contributed by atoms with E-state index < -0.39 is 12.0 Å². The van der Waals surface area contributed by atoms with E-state index in [0.29, 0.717) is 18.1 Å². The van der Waals surface area contributed by atoms with Gasteiger partial charge in [0, 0.05) is 25.2 Å². The summed E-state index contributed by atoms with van der Waals surface area (Å²) in [6.45, 7) is 1.27. The van der Waals surface area contributed by atoms with Crippen LogP contribution in [0.25, 0.3) is 10.2 Å². The summed E-state index contributed by atoms with van der Waals surface area (Å²) in [5.41, 5.74) is 3.17. The maximum Gasteiger partial charge on any atom is 0.326 e. The normalized spacial score (nSPS) is 13.7. The first kappa shape index (κ1) is 23.0. The van der Waals surface area contributed by atoms with Crippen molar-refractivity contribution in [3.8, 4) is 0 Å². The Bertz CT molecular complexity index is 1080. The summed E-state index contributed by atoms with van der Waals surface area (Å²) in [5.74, 6) is -0.0151. The van der Waals surface area contributed by atoms with Gasteiger partial charge in [-0.2, -0.15) is 0 Å². The molecule has 0 saturated heterocycles. The number of unbranched alkanes of at least 4 members (excludes halogenated alkanes) is 1. The Morgan fingerprint density at radius 2 is 2.03 bits per heavy atom. The minimum Gasteiger partial charge on any atom is -0.480 e. The zero-order valence-corrected chi connectivity index (χ0v) is 19.3. The van der Waals surface area contributed by atoms with Crippen LogP contribution in [0.4, 0.5) is 10.9 Å². The number of carboxylic acids is 1.